The first-order chi connectivity index (χ1) is 14.1. The molecule has 0 spiro atoms. The number of carbonyl (C=O) groups is 1. The van der Waals surface area contributed by atoms with Gasteiger partial charge in [0.25, 0.3) is 11.6 Å². The molecule has 0 radical (unpaired) electrons. The lowest BCUT2D eigenvalue weighted by Crippen LogP contribution is -2.39. The van der Waals surface area contributed by atoms with Gasteiger partial charge in [-0.3, -0.25) is 19.2 Å². The number of ether oxygens (including phenoxy) is 1. The topological polar surface area (TPSA) is 151 Å². The molecule has 0 heterocycles. The Hall–Kier alpha value is -3.67. The summed E-state index contributed by atoms with van der Waals surface area (Å²) < 4.78 is 30.1. The Balaban J connectivity index is 2.12. The number of hydrazone groups is 1. The van der Waals surface area contributed by atoms with Crippen LogP contribution in [0, 0.1) is 10.1 Å². The van der Waals surface area contributed by atoms with E-state index in [1.807, 2.05) is 0 Å². The molecule has 0 aliphatic heterocycles. The Morgan fingerprint density at radius 3 is 2.70 bits per heavy atom. The maximum atomic E-state index is 12.2. The van der Waals surface area contributed by atoms with Crippen molar-refractivity contribution in [3.05, 3.63) is 58.1 Å². The third kappa shape index (κ3) is 6.17. The number of amides is 1. The summed E-state index contributed by atoms with van der Waals surface area (Å²) in [5, 5.41) is 24.4. The van der Waals surface area contributed by atoms with Gasteiger partial charge in [-0.2, -0.15) is 5.10 Å². The molecule has 2 aromatic rings. The van der Waals surface area contributed by atoms with Gasteiger partial charge in [-0.05, 0) is 36.8 Å². The third-order valence-corrected chi connectivity index (χ3v) is 4.84. The predicted octanol–water partition coefficient (Wildman–Crippen LogP) is 1.62. The van der Waals surface area contributed by atoms with Crippen LogP contribution in [0.15, 0.2) is 47.6 Å². The summed E-state index contributed by atoms with van der Waals surface area (Å²) in [6.45, 7) is 1.48. The molecule has 30 heavy (non-hydrogen) atoms. The van der Waals surface area contributed by atoms with E-state index in [2.05, 4.69) is 10.5 Å². The monoisotopic (exact) mass is 436 g/mol. The number of hydrogen-bond acceptors (Lipinski definition) is 8. The van der Waals surface area contributed by atoms with E-state index in [1.54, 1.807) is 13.0 Å². The number of hydrogen-bond donors (Lipinski definition) is 2. The van der Waals surface area contributed by atoms with E-state index >= 15 is 0 Å². The van der Waals surface area contributed by atoms with Crippen LogP contribution < -0.4 is 14.5 Å². The van der Waals surface area contributed by atoms with E-state index in [9.17, 15) is 28.4 Å². The quantitative estimate of drug-likeness (QED) is 0.344. The van der Waals surface area contributed by atoms with Crippen molar-refractivity contribution >= 4 is 33.5 Å². The Morgan fingerprint density at radius 2 is 2.07 bits per heavy atom. The van der Waals surface area contributed by atoms with Gasteiger partial charge in [0.15, 0.2) is 11.5 Å². The number of nitrogens with one attached hydrogen (secondary N) is 1. The van der Waals surface area contributed by atoms with Crippen molar-refractivity contribution < 1.29 is 28.0 Å². The summed E-state index contributed by atoms with van der Waals surface area (Å²) in [5.41, 5.74) is 2.39. The van der Waals surface area contributed by atoms with Crippen LogP contribution in [0.25, 0.3) is 0 Å². The highest BCUT2D eigenvalue weighted by Crippen LogP contribution is 2.26. The molecule has 2 aromatic carbocycles. The molecule has 0 aliphatic rings. The number of sulfonamides is 1. The number of nitrogens with zero attached hydrogens (tertiary/aromatic N) is 3. The number of rotatable bonds is 9. The minimum Gasteiger partial charge on any atom is -0.504 e. The van der Waals surface area contributed by atoms with Crippen LogP contribution in [0.5, 0.6) is 11.5 Å². The molecule has 11 nitrogen and oxygen atoms in total. The maximum Gasteiger partial charge on any atom is 0.271 e. The molecule has 160 valence electrons. The van der Waals surface area contributed by atoms with Gasteiger partial charge in [0.05, 0.1) is 29.7 Å². The van der Waals surface area contributed by atoms with Gasteiger partial charge in [-0.15, -0.1) is 0 Å². The Labute approximate surface area is 172 Å². The van der Waals surface area contributed by atoms with Crippen LogP contribution in [0.3, 0.4) is 0 Å². The second-order valence-corrected chi connectivity index (χ2v) is 7.91. The zero-order valence-electron chi connectivity index (χ0n) is 16.2. The van der Waals surface area contributed by atoms with Crippen molar-refractivity contribution in [2.24, 2.45) is 5.10 Å². The van der Waals surface area contributed by atoms with E-state index < -0.39 is 27.4 Å². The SMILES string of the molecule is CCOc1cc(/C=N\NC(=O)CN(c2cccc([N+](=O)[O-])c2)S(C)(=O)=O)ccc1O. The minimum absolute atomic E-state index is 0.0225. The summed E-state index contributed by atoms with van der Waals surface area (Å²) in [4.78, 5) is 22.4. The highest BCUT2D eigenvalue weighted by atomic mass is 32.2. The number of phenols is 1. The molecule has 0 aromatic heterocycles. The summed E-state index contributed by atoms with van der Waals surface area (Å²) in [7, 11) is -3.90. The summed E-state index contributed by atoms with van der Waals surface area (Å²) in [5.74, 6) is -0.549. The number of phenolic OH excluding ortho intramolecular Hbond substituents is 1. The number of anilines is 1. The molecule has 0 aliphatic carbocycles. The second kappa shape index (κ2) is 9.69. The van der Waals surface area contributed by atoms with Crippen LogP contribution in [0.1, 0.15) is 12.5 Å². The lowest BCUT2D eigenvalue weighted by molar-refractivity contribution is -0.384. The van der Waals surface area contributed by atoms with Crippen molar-refractivity contribution in [2.75, 3.05) is 23.7 Å². The standard InChI is InChI=1S/C18H20N4O7S/c1-3-29-17-9-13(7-8-16(17)23)11-19-20-18(24)12-21(30(2,27)28)14-5-4-6-15(10-14)22(25)26/h4-11,23H,3,12H2,1-2H3,(H,20,24)/b19-11-. The van der Waals surface area contributed by atoms with Crippen LogP contribution in [0.2, 0.25) is 0 Å². The van der Waals surface area contributed by atoms with E-state index in [4.69, 9.17) is 4.74 Å². The fourth-order valence-electron chi connectivity index (χ4n) is 2.39. The van der Waals surface area contributed by atoms with Crippen LogP contribution in [-0.2, 0) is 14.8 Å². The zero-order chi connectivity index (χ0) is 22.3. The van der Waals surface area contributed by atoms with Gasteiger partial charge >= 0.3 is 0 Å². The maximum absolute atomic E-state index is 12.2. The van der Waals surface area contributed by atoms with E-state index in [0.29, 0.717) is 12.2 Å². The second-order valence-electron chi connectivity index (χ2n) is 6.00. The molecule has 2 rings (SSSR count). The molecule has 2 N–H and O–H groups in total. The van der Waals surface area contributed by atoms with E-state index in [0.717, 1.165) is 16.6 Å². The summed E-state index contributed by atoms with van der Waals surface area (Å²) >= 11 is 0. The number of non-ortho nitro benzene ring substituents is 1. The van der Waals surface area contributed by atoms with Crippen molar-refractivity contribution in [2.45, 2.75) is 6.92 Å². The van der Waals surface area contributed by atoms with Crippen molar-refractivity contribution in [3.8, 4) is 11.5 Å². The largest absolute Gasteiger partial charge is 0.504 e. The van der Waals surface area contributed by atoms with Crippen LogP contribution in [-0.4, -0.2) is 50.0 Å². The lowest BCUT2D eigenvalue weighted by atomic mass is 10.2. The molecule has 0 fully saturated rings. The Morgan fingerprint density at radius 1 is 1.33 bits per heavy atom. The number of nitro groups is 1. The Kier molecular flexibility index (Phi) is 7.31. The van der Waals surface area contributed by atoms with Crippen molar-refractivity contribution in [3.63, 3.8) is 0 Å². The number of aromatic hydroxyl groups is 1. The van der Waals surface area contributed by atoms with Gasteiger partial charge in [0.1, 0.15) is 6.54 Å². The highest BCUT2D eigenvalue weighted by molar-refractivity contribution is 7.92. The van der Waals surface area contributed by atoms with E-state index in [1.165, 1.54) is 36.5 Å². The summed E-state index contributed by atoms with van der Waals surface area (Å²) in [6, 6.07) is 9.40. The van der Waals surface area contributed by atoms with Gasteiger partial charge in [0.2, 0.25) is 10.0 Å². The molecule has 0 bridgehead atoms. The predicted molar refractivity (Wildman–Crippen MR) is 110 cm³/mol. The first-order valence-corrected chi connectivity index (χ1v) is 10.5. The summed E-state index contributed by atoms with van der Waals surface area (Å²) in [6.07, 6.45) is 2.17. The number of benzene rings is 2. The molecule has 0 saturated heterocycles. The van der Waals surface area contributed by atoms with Crippen LogP contribution in [0.4, 0.5) is 11.4 Å². The van der Waals surface area contributed by atoms with Crippen LogP contribution >= 0.6 is 0 Å². The first-order valence-electron chi connectivity index (χ1n) is 8.61. The Bertz CT molecular complexity index is 1070. The van der Waals surface area contributed by atoms with Crippen molar-refractivity contribution in [1.82, 2.24) is 5.43 Å². The molecular formula is C18H20N4O7S. The van der Waals surface area contributed by atoms with Gasteiger partial charge in [-0.25, -0.2) is 13.8 Å². The highest BCUT2D eigenvalue weighted by Gasteiger charge is 2.22. The number of nitro benzene ring substituents is 1. The molecule has 0 saturated carbocycles. The average Bonchev–Trinajstić information content (AvgIpc) is 2.68. The average molecular weight is 436 g/mol. The smallest absolute Gasteiger partial charge is 0.271 e. The van der Waals surface area contributed by atoms with Gasteiger partial charge in [-0.1, -0.05) is 6.07 Å². The molecular weight excluding hydrogens is 416 g/mol. The van der Waals surface area contributed by atoms with Gasteiger partial charge < -0.3 is 9.84 Å². The first kappa shape index (κ1) is 22.6. The molecule has 0 unspecified atom stereocenters. The zero-order valence-corrected chi connectivity index (χ0v) is 17.0. The third-order valence-electron chi connectivity index (χ3n) is 3.70. The molecule has 12 heteroatoms. The molecule has 0 atom stereocenters. The fourth-order valence-corrected chi connectivity index (χ4v) is 3.24. The van der Waals surface area contributed by atoms with E-state index in [-0.39, 0.29) is 22.9 Å². The minimum atomic E-state index is -3.90. The van der Waals surface area contributed by atoms with Gasteiger partial charge in [0, 0.05) is 12.1 Å². The van der Waals surface area contributed by atoms with Crippen molar-refractivity contribution in [1.29, 1.82) is 0 Å². The molecule has 1 amide bonds. The fraction of sp³-hybridized carbons (Fsp3) is 0.222. The lowest BCUT2D eigenvalue weighted by Gasteiger charge is -2.21. The number of carbonyl (C=O) groups excluding carboxylic acids is 1. The normalized spacial score (nSPS) is 11.3.